The summed E-state index contributed by atoms with van der Waals surface area (Å²) in [6.07, 6.45) is -4.58. The Morgan fingerprint density at radius 2 is 1.46 bits per heavy atom. The molecular weight excluding hydrogens is 369 g/mol. The highest BCUT2D eigenvalue weighted by Gasteiger charge is 2.30. The molecule has 130 valence electrons. The van der Waals surface area contributed by atoms with Crippen LogP contribution in [0.3, 0.4) is 0 Å². The summed E-state index contributed by atoms with van der Waals surface area (Å²) in [5.41, 5.74) is -1.08. The van der Waals surface area contributed by atoms with Crippen molar-refractivity contribution in [1.82, 2.24) is 0 Å². The average molecular weight is 380 g/mol. The van der Waals surface area contributed by atoms with Crippen LogP contribution >= 0.6 is 0 Å². The van der Waals surface area contributed by atoms with Crippen molar-refractivity contribution in [2.45, 2.75) is 16.0 Å². The second-order valence-corrected chi connectivity index (χ2v) is 7.94. The molecule has 11 heteroatoms. The maximum absolute atomic E-state index is 12.5. The first-order valence-corrected chi connectivity index (χ1v) is 9.25. The van der Waals surface area contributed by atoms with Gasteiger partial charge in [0.2, 0.25) is 10.0 Å². The van der Waals surface area contributed by atoms with E-state index >= 15 is 0 Å². The van der Waals surface area contributed by atoms with E-state index in [2.05, 4.69) is 4.72 Å². The first kappa shape index (κ1) is 18.2. The topological polar surface area (TPSA) is 106 Å². The molecule has 0 amide bonds. The Hall–Kier alpha value is -2.11. The predicted molar refractivity (Wildman–Crippen MR) is 80.1 cm³/mol. The van der Waals surface area contributed by atoms with Crippen LogP contribution in [0, 0.1) is 0 Å². The lowest BCUT2D eigenvalue weighted by molar-refractivity contribution is -0.137. The molecule has 2 aromatic rings. The zero-order valence-electron chi connectivity index (χ0n) is 11.8. The summed E-state index contributed by atoms with van der Waals surface area (Å²) in [4.78, 5) is -0.716. The van der Waals surface area contributed by atoms with E-state index in [9.17, 15) is 30.0 Å². The molecule has 2 rings (SSSR count). The molecule has 0 aliphatic carbocycles. The van der Waals surface area contributed by atoms with E-state index in [0.29, 0.717) is 12.1 Å². The van der Waals surface area contributed by atoms with Crippen LogP contribution in [0.2, 0.25) is 0 Å². The van der Waals surface area contributed by atoms with E-state index in [4.69, 9.17) is 5.14 Å². The maximum atomic E-state index is 12.5. The fourth-order valence-electron chi connectivity index (χ4n) is 1.77. The average Bonchev–Trinajstić information content (AvgIpc) is 2.45. The Balaban J connectivity index is 2.32. The van der Waals surface area contributed by atoms with Crippen LogP contribution in [0.5, 0.6) is 0 Å². The predicted octanol–water partition coefficient (Wildman–Crippen LogP) is 2.15. The van der Waals surface area contributed by atoms with Gasteiger partial charge in [-0.2, -0.15) is 13.2 Å². The number of rotatable bonds is 4. The van der Waals surface area contributed by atoms with Gasteiger partial charge in [-0.3, -0.25) is 4.72 Å². The number of anilines is 1. The van der Waals surface area contributed by atoms with E-state index in [1.54, 1.807) is 0 Å². The molecule has 0 unspecified atom stereocenters. The number of alkyl halides is 3. The Labute approximate surface area is 136 Å². The lowest BCUT2D eigenvalue weighted by atomic mass is 10.2. The number of nitrogens with two attached hydrogens (primary N) is 1. The van der Waals surface area contributed by atoms with Crippen LogP contribution in [-0.2, 0) is 26.2 Å². The molecule has 0 heterocycles. The van der Waals surface area contributed by atoms with E-state index in [0.717, 1.165) is 18.2 Å². The molecule has 2 aromatic carbocycles. The third kappa shape index (κ3) is 4.24. The van der Waals surface area contributed by atoms with Crippen LogP contribution in [0.4, 0.5) is 18.9 Å². The second-order valence-electron chi connectivity index (χ2n) is 4.70. The first-order valence-electron chi connectivity index (χ1n) is 6.22. The van der Waals surface area contributed by atoms with Crippen molar-refractivity contribution in [2.24, 2.45) is 5.14 Å². The quantitative estimate of drug-likeness (QED) is 0.848. The fraction of sp³-hybridized carbons (Fsp3) is 0.0769. The second kappa shape index (κ2) is 6.07. The molecule has 3 N–H and O–H groups in total. The standard InChI is InChI=1S/C13H11F3N2O4S2/c14-13(15,16)9-4-6-11(7-5-9)24(21,22)18-10-2-1-3-12(8-10)23(17,19)20/h1-8,18H,(H2,17,19,20). The summed E-state index contributed by atoms with van der Waals surface area (Å²) < 4.78 is 86.3. The van der Waals surface area contributed by atoms with Gasteiger partial charge in [0.25, 0.3) is 10.0 Å². The van der Waals surface area contributed by atoms with Gasteiger partial charge in [0.1, 0.15) is 0 Å². The van der Waals surface area contributed by atoms with Crippen LogP contribution in [0.1, 0.15) is 5.56 Å². The largest absolute Gasteiger partial charge is 0.416 e. The Bertz CT molecular complexity index is 953. The van der Waals surface area contributed by atoms with Crippen molar-refractivity contribution in [3.05, 3.63) is 54.1 Å². The molecule has 0 saturated carbocycles. The summed E-state index contributed by atoms with van der Waals surface area (Å²) in [5, 5.41) is 4.95. The molecule has 6 nitrogen and oxygen atoms in total. The fourth-order valence-corrected chi connectivity index (χ4v) is 3.38. The van der Waals surface area contributed by atoms with Gasteiger partial charge in [-0.15, -0.1) is 0 Å². The van der Waals surface area contributed by atoms with E-state index in [1.165, 1.54) is 18.2 Å². The Kier molecular flexibility index (Phi) is 4.61. The van der Waals surface area contributed by atoms with Crippen molar-refractivity contribution < 1.29 is 30.0 Å². The summed E-state index contributed by atoms with van der Waals surface area (Å²) in [6, 6.07) is 7.58. The van der Waals surface area contributed by atoms with Gasteiger partial charge in [-0.1, -0.05) is 6.07 Å². The zero-order chi connectivity index (χ0) is 18.2. The van der Waals surface area contributed by atoms with Crippen molar-refractivity contribution >= 4 is 25.7 Å². The minimum Gasteiger partial charge on any atom is -0.280 e. The molecule has 0 aliphatic heterocycles. The van der Waals surface area contributed by atoms with Crippen molar-refractivity contribution in [3.63, 3.8) is 0 Å². The summed E-state index contributed by atoms with van der Waals surface area (Å²) >= 11 is 0. The summed E-state index contributed by atoms with van der Waals surface area (Å²) in [5.74, 6) is 0. The van der Waals surface area contributed by atoms with E-state index in [1.807, 2.05) is 0 Å². The number of nitrogens with one attached hydrogen (secondary N) is 1. The molecule has 0 fully saturated rings. The van der Waals surface area contributed by atoms with Crippen molar-refractivity contribution in [1.29, 1.82) is 0 Å². The van der Waals surface area contributed by atoms with Crippen molar-refractivity contribution in [3.8, 4) is 0 Å². The van der Waals surface area contributed by atoms with Gasteiger partial charge in [-0.25, -0.2) is 22.0 Å². The molecule has 0 spiro atoms. The van der Waals surface area contributed by atoms with E-state index < -0.39 is 36.7 Å². The van der Waals surface area contributed by atoms with Gasteiger partial charge in [-0.05, 0) is 42.5 Å². The SMILES string of the molecule is NS(=O)(=O)c1cccc(NS(=O)(=O)c2ccc(C(F)(F)F)cc2)c1. The molecule has 24 heavy (non-hydrogen) atoms. The maximum Gasteiger partial charge on any atom is 0.416 e. The van der Waals surface area contributed by atoms with Gasteiger partial charge >= 0.3 is 6.18 Å². The highest BCUT2D eigenvalue weighted by molar-refractivity contribution is 7.92. The normalized spacial score (nSPS) is 12.8. The lowest BCUT2D eigenvalue weighted by Crippen LogP contribution is -2.15. The number of halogens is 3. The van der Waals surface area contributed by atoms with Gasteiger partial charge in [0.15, 0.2) is 0 Å². The Morgan fingerprint density at radius 1 is 0.875 bits per heavy atom. The summed E-state index contributed by atoms with van der Waals surface area (Å²) in [6.45, 7) is 0. The van der Waals surface area contributed by atoms with Gasteiger partial charge < -0.3 is 0 Å². The molecule has 0 atom stereocenters. The smallest absolute Gasteiger partial charge is 0.280 e. The third-order valence-corrected chi connectivity index (χ3v) is 5.21. The highest BCUT2D eigenvalue weighted by Crippen LogP contribution is 2.30. The number of hydrogen-bond acceptors (Lipinski definition) is 4. The van der Waals surface area contributed by atoms with Crippen LogP contribution in [0.25, 0.3) is 0 Å². The molecular formula is C13H11F3N2O4S2. The number of hydrogen-bond donors (Lipinski definition) is 2. The Morgan fingerprint density at radius 3 is 1.96 bits per heavy atom. The van der Waals surface area contributed by atoms with Crippen LogP contribution in [-0.4, -0.2) is 16.8 Å². The van der Waals surface area contributed by atoms with Crippen LogP contribution in [0.15, 0.2) is 58.3 Å². The van der Waals surface area contributed by atoms with Crippen molar-refractivity contribution in [2.75, 3.05) is 4.72 Å². The first-order chi connectivity index (χ1) is 10.9. The number of sulfonamides is 2. The summed E-state index contributed by atoms with van der Waals surface area (Å²) in [7, 11) is -8.22. The van der Waals surface area contributed by atoms with Gasteiger partial charge in [0.05, 0.1) is 21.0 Å². The highest BCUT2D eigenvalue weighted by atomic mass is 32.2. The number of primary sulfonamides is 1. The van der Waals surface area contributed by atoms with E-state index in [-0.39, 0.29) is 10.6 Å². The molecule has 0 radical (unpaired) electrons. The van der Waals surface area contributed by atoms with Gasteiger partial charge in [0, 0.05) is 0 Å². The minimum atomic E-state index is -4.58. The lowest BCUT2D eigenvalue weighted by Gasteiger charge is -2.11. The molecule has 0 aliphatic rings. The molecule has 0 aromatic heterocycles. The minimum absolute atomic E-state index is 0.0959. The van der Waals surface area contributed by atoms with Crippen LogP contribution < -0.4 is 9.86 Å². The number of benzene rings is 2. The molecule has 0 saturated heterocycles. The zero-order valence-corrected chi connectivity index (χ0v) is 13.4. The monoisotopic (exact) mass is 380 g/mol. The third-order valence-electron chi connectivity index (χ3n) is 2.91. The molecule has 0 bridgehead atoms.